The van der Waals surface area contributed by atoms with Gasteiger partial charge in [-0.15, -0.1) is 11.8 Å². The van der Waals surface area contributed by atoms with Crippen molar-refractivity contribution in [3.8, 4) is 0 Å². The van der Waals surface area contributed by atoms with E-state index in [4.69, 9.17) is 16.3 Å². The Bertz CT molecular complexity index is 925. The molecule has 0 bridgehead atoms. The summed E-state index contributed by atoms with van der Waals surface area (Å²) in [6.45, 7) is 0.237. The van der Waals surface area contributed by atoms with Gasteiger partial charge in [-0.1, -0.05) is 29.8 Å². The lowest BCUT2D eigenvalue weighted by Gasteiger charge is -2.06. The topological polar surface area (TPSA) is 72.0 Å². The summed E-state index contributed by atoms with van der Waals surface area (Å²) in [5.41, 5.74) is -0.220. The first kappa shape index (κ1) is 16.5. The van der Waals surface area contributed by atoms with Crippen LogP contribution in [0.4, 0.5) is 0 Å². The number of ether oxygens (including phenoxy) is 1. The van der Waals surface area contributed by atoms with Gasteiger partial charge in [-0.25, -0.2) is 9.89 Å². The zero-order valence-electron chi connectivity index (χ0n) is 12.5. The van der Waals surface area contributed by atoms with E-state index in [1.54, 1.807) is 36.0 Å². The van der Waals surface area contributed by atoms with Crippen LogP contribution in [0.1, 0.15) is 10.5 Å². The van der Waals surface area contributed by atoms with Crippen molar-refractivity contribution < 1.29 is 9.53 Å². The number of esters is 1. The van der Waals surface area contributed by atoms with E-state index in [9.17, 15) is 9.59 Å². The van der Waals surface area contributed by atoms with E-state index < -0.39 is 5.97 Å². The zero-order valence-corrected chi connectivity index (χ0v) is 14.1. The van der Waals surface area contributed by atoms with Crippen molar-refractivity contribution in [2.45, 2.75) is 4.90 Å². The zero-order chi connectivity index (χ0) is 16.9. The van der Waals surface area contributed by atoms with Crippen LogP contribution >= 0.6 is 23.4 Å². The molecule has 0 saturated carbocycles. The summed E-state index contributed by atoms with van der Waals surface area (Å²) in [5.74, 6) is 0.0495. The molecule has 0 amide bonds. The fourth-order valence-corrected chi connectivity index (χ4v) is 3.02. The number of hydrogen-bond acceptors (Lipinski definition) is 5. The third-order valence-electron chi connectivity index (χ3n) is 3.29. The summed E-state index contributed by atoms with van der Waals surface area (Å²) in [6, 6.07) is 14.2. The highest BCUT2D eigenvalue weighted by Crippen LogP contribution is 2.20. The van der Waals surface area contributed by atoms with E-state index in [2.05, 4.69) is 10.2 Å². The molecule has 1 N–H and O–H groups in total. The van der Waals surface area contributed by atoms with Gasteiger partial charge < -0.3 is 4.74 Å². The number of nitrogens with zero attached hydrogens (tertiary/aromatic N) is 1. The number of carbonyl (C=O) groups is 1. The molecule has 3 rings (SSSR count). The molecule has 0 aliphatic heterocycles. The summed E-state index contributed by atoms with van der Waals surface area (Å²) < 4.78 is 5.25. The van der Waals surface area contributed by atoms with Crippen molar-refractivity contribution in [2.75, 3.05) is 12.4 Å². The third kappa shape index (κ3) is 3.77. The highest BCUT2D eigenvalue weighted by atomic mass is 35.5. The van der Waals surface area contributed by atoms with Gasteiger partial charge in [0.2, 0.25) is 0 Å². The largest absolute Gasteiger partial charge is 0.460 e. The molecule has 0 saturated heterocycles. The Kier molecular flexibility index (Phi) is 5.17. The number of nitrogens with one attached hydrogen (secondary N) is 1. The van der Waals surface area contributed by atoms with E-state index in [0.717, 1.165) is 4.90 Å². The molecule has 1 heterocycles. The molecule has 0 fully saturated rings. The van der Waals surface area contributed by atoms with Gasteiger partial charge >= 0.3 is 5.97 Å². The molecule has 1 aromatic heterocycles. The molecule has 0 spiro atoms. The molecule has 0 atom stereocenters. The van der Waals surface area contributed by atoms with E-state index in [1.807, 2.05) is 24.3 Å². The van der Waals surface area contributed by atoms with E-state index in [0.29, 0.717) is 21.5 Å². The van der Waals surface area contributed by atoms with Crippen LogP contribution in [0, 0.1) is 0 Å². The quantitative estimate of drug-likeness (QED) is 0.428. The summed E-state index contributed by atoms with van der Waals surface area (Å²) in [4.78, 5) is 24.9. The first-order chi connectivity index (χ1) is 11.6. The van der Waals surface area contributed by atoms with Crippen molar-refractivity contribution in [3.63, 3.8) is 0 Å². The fraction of sp³-hybridized carbons (Fsp3) is 0.118. The Balaban J connectivity index is 1.62. The second kappa shape index (κ2) is 7.51. The first-order valence-corrected chi connectivity index (χ1v) is 8.54. The number of thioether (sulfide) groups is 1. The number of aromatic nitrogens is 2. The smallest absolute Gasteiger partial charge is 0.359 e. The lowest BCUT2D eigenvalue weighted by atomic mass is 10.1. The lowest BCUT2D eigenvalue weighted by molar-refractivity contribution is 0.0524. The van der Waals surface area contributed by atoms with Gasteiger partial charge in [0, 0.05) is 21.1 Å². The molecule has 0 aliphatic carbocycles. The Labute approximate surface area is 147 Å². The van der Waals surface area contributed by atoms with Crippen LogP contribution in [-0.4, -0.2) is 28.5 Å². The molecule has 0 radical (unpaired) electrons. The number of H-pyrrole nitrogens is 1. The minimum Gasteiger partial charge on any atom is -0.460 e. The summed E-state index contributed by atoms with van der Waals surface area (Å²) >= 11 is 7.39. The molecule has 24 heavy (non-hydrogen) atoms. The average Bonchev–Trinajstić information content (AvgIpc) is 2.60. The molecule has 3 aromatic rings. The monoisotopic (exact) mass is 360 g/mol. The van der Waals surface area contributed by atoms with Crippen LogP contribution in [0.2, 0.25) is 5.02 Å². The predicted octanol–water partition coefficient (Wildman–Crippen LogP) is 3.53. The number of fused-ring (bicyclic) bond motifs is 1. The summed E-state index contributed by atoms with van der Waals surface area (Å²) in [5, 5.41) is 7.72. The van der Waals surface area contributed by atoms with E-state index in [1.165, 1.54) is 0 Å². The third-order valence-corrected chi connectivity index (χ3v) is 4.52. The maximum Gasteiger partial charge on any atom is 0.359 e. The molecule has 122 valence electrons. The second-order valence-corrected chi connectivity index (χ2v) is 6.49. The maximum absolute atomic E-state index is 12.2. The number of benzene rings is 2. The maximum atomic E-state index is 12.2. The number of halogens is 1. The molecule has 2 aromatic carbocycles. The van der Waals surface area contributed by atoms with Crippen LogP contribution in [0.5, 0.6) is 0 Å². The molecule has 5 nitrogen and oxygen atoms in total. The van der Waals surface area contributed by atoms with Crippen molar-refractivity contribution in [1.82, 2.24) is 10.2 Å². The standard InChI is InChI=1S/C17H13ClN2O3S/c18-11-5-7-12(8-6-11)24-10-9-23-17(22)15-13-3-1-2-4-14(13)16(21)20-19-15/h1-8H,9-10H2,(H,20,21). The van der Waals surface area contributed by atoms with Crippen LogP contribution in [0.3, 0.4) is 0 Å². The van der Waals surface area contributed by atoms with E-state index >= 15 is 0 Å². The minimum absolute atomic E-state index is 0.113. The van der Waals surface area contributed by atoms with Crippen LogP contribution in [-0.2, 0) is 4.74 Å². The van der Waals surface area contributed by atoms with Gasteiger partial charge in [-0.2, -0.15) is 5.10 Å². The number of aromatic amines is 1. The Morgan fingerprint density at radius 3 is 2.58 bits per heavy atom. The molecular formula is C17H13ClN2O3S. The fourth-order valence-electron chi connectivity index (χ4n) is 2.16. The lowest BCUT2D eigenvalue weighted by Crippen LogP contribution is -2.16. The highest BCUT2D eigenvalue weighted by molar-refractivity contribution is 7.99. The van der Waals surface area contributed by atoms with Crippen LogP contribution in [0.25, 0.3) is 10.8 Å². The number of carbonyl (C=O) groups excluding carboxylic acids is 1. The van der Waals surface area contributed by atoms with Gasteiger partial charge in [0.25, 0.3) is 5.56 Å². The molecule has 0 unspecified atom stereocenters. The molecule has 7 heteroatoms. The number of hydrogen-bond donors (Lipinski definition) is 1. The van der Waals surface area contributed by atoms with Crippen LogP contribution < -0.4 is 5.56 Å². The molecular weight excluding hydrogens is 348 g/mol. The summed E-state index contributed by atoms with van der Waals surface area (Å²) in [6.07, 6.45) is 0. The van der Waals surface area contributed by atoms with Crippen molar-refractivity contribution in [2.24, 2.45) is 0 Å². The predicted molar refractivity (Wildman–Crippen MR) is 94.8 cm³/mol. The normalized spacial score (nSPS) is 10.7. The summed E-state index contributed by atoms with van der Waals surface area (Å²) in [7, 11) is 0. The van der Waals surface area contributed by atoms with E-state index in [-0.39, 0.29) is 17.9 Å². The second-order valence-electron chi connectivity index (χ2n) is 4.89. The van der Waals surface area contributed by atoms with Crippen molar-refractivity contribution in [3.05, 3.63) is 69.6 Å². The van der Waals surface area contributed by atoms with Gasteiger partial charge in [0.15, 0.2) is 5.69 Å². The minimum atomic E-state index is -0.556. The average molecular weight is 361 g/mol. The van der Waals surface area contributed by atoms with Crippen LogP contribution in [0.15, 0.2) is 58.2 Å². The van der Waals surface area contributed by atoms with Gasteiger partial charge in [-0.05, 0) is 30.3 Å². The van der Waals surface area contributed by atoms with Gasteiger partial charge in [0.1, 0.15) is 6.61 Å². The SMILES string of the molecule is O=C(OCCSc1ccc(Cl)cc1)c1n[nH]c(=O)c2ccccc12. The Morgan fingerprint density at radius 2 is 1.83 bits per heavy atom. The van der Waals surface area contributed by atoms with Gasteiger partial charge in [0.05, 0.1) is 5.39 Å². The van der Waals surface area contributed by atoms with Crippen molar-refractivity contribution in [1.29, 1.82) is 0 Å². The van der Waals surface area contributed by atoms with Crippen molar-refractivity contribution >= 4 is 40.1 Å². The highest BCUT2D eigenvalue weighted by Gasteiger charge is 2.15. The first-order valence-electron chi connectivity index (χ1n) is 7.18. The van der Waals surface area contributed by atoms with Gasteiger partial charge in [-0.3, -0.25) is 4.79 Å². The Hall–Kier alpha value is -2.31. The molecule has 0 aliphatic rings. The Morgan fingerprint density at radius 1 is 1.12 bits per heavy atom. The number of rotatable bonds is 5.